The summed E-state index contributed by atoms with van der Waals surface area (Å²) in [5.41, 5.74) is 3.38. The highest BCUT2D eigenvalue weighted by Crippen LogP contribution is 2.41. The molecule has 1 aliphatic rings. The van der Waals surface area contributed by atoms with E-state index in [1.54, 1.807) is 4.90 Å². The Morgan fingerprint density at radius 1 is 1.03 bits per heavy atom. The normalized spacial score (nSPS) is 15.1. The molecule has 192 valence electrons. The van der Waals surface area contributed by atoms with Crippen LogP contribution in [0, 0.1) is 19.8 Å². The predicted molar refractivity (Wildman–Crippen MR) is 142 cm³/mol. The van der Waals surface area contributed by atoms with Crippen LogP contribution in [0.1, 0.15) is 85.8 Å². The monoisotopic (exact) mass is 491 g/mol. The van der Waals surface area contributed by atoms with Gasteiger partial charge in [0.1, 0.15) is 5.58 Å². The molecule has 0 saturated heterocycles. The zero-order valence-electron chi connectivity index (χ0n) is 22.3. The van der Waals surface area contributed by atoms with E-state index in [-0.39, 0.29) is 17.1 Å². The van der Waals surface area contributed by atoms with Gasteiger partial charge in [-0.3, -0.25) is 9.59 Å². The Kier molecular flexibility index (Phi) is 7.72. The number of aryl methyl sites for hydroxylation is 2. The summed E-state index contributed by atoms with van der Waals surface area (Å²) in [4.78, 5) is 29.2. The van der Waals surface area contributed by atoms with Gasteiger partial charge in [0.05, 0.1) is 30.2 Å². The van der Waals surface area contributed by atoms with Gasteiger partial charge in [0.15, 0.2) is 16.9 Å². The average molecular weight is 492 g/mol. The van der Waals surface area contributed by atoms with Gasteiger partial charge in [0, 0.05) is 6.54 Å². The number of ether oxygens (including phenoxy) is 2. The standard InChI is InChI=1S/C30H37NO5/c1-7-9-13-31-27(21-10-11-22(23(17-21)34-8-2)35-14-12-18(3)4)26-28(32)25-20(6)15-19(5)16-24(25)36-29(26)30(31)33/h10-11,15-18,27H,7-9,12-14H2,1-6H3. The van der Waals surface area contributed by atoms with E-state index in [0.29, 0.717) is 53.7 Å². The molecule has 4 rings (SSSR count). The first-order chi connectivity index (χ1) is 17.3. The third kappa shape index (κ3) is 4.86. The van der Waals surface area contributed by atoms with Gasteiger partial charge in [-0.05, 0) is 74.4 Å². The minimum Gasteiger partial charge on any atom is -0.490 e. The molecule has 0 radical (unpaired) electrons. The lowest BCUT2D eigenvalue weighted by molar-refractivity contribution is 0.0725. The predicted octanol–water partition coefficient (Wildman–Crippen LogP) is 6.58. The highest BCUT2D eigenvalue weighted by molar-refractivity contribution is 5.99. The van der Waals surface area contributed by atoms with Gasteiger partial charge in [-0.25, -0.2) is 0 Å². The van der Waals surface area contributed by atoms with Crippen molar-refractivity contribution in [2.75, 3.05) is 19.8 Å². The Labute approximate surface area is 213 Å². The minimum atomic E-state index is -0.538. The molecule has 0 aliphatic carbocycles. The number of carbonyl (C=O) groups excluding carboxylic acids is 1. The summed E-state index contributed by atoms with van der Waals surface area (Å²) in [5.74, 6) is 1.73. The van der Waals surface area contributed by atoms with Gasteiger partial charge in [0.25, 0.3) is 5.91 Å². The molecule has 0 spiro atoms. The molecule has 0 N–H and O–H groups in total. The maximum atomic E-state index is 13.9. The zero-order valence-corrected chi connectivity index (χ0v) is 22.3. The first-order valence-electron chi connectivity index (χ1n) is 13.0. The Hall–Kier alpha value is -3.28. The molecule has 1 unspecified atom stereocenters. The van der Waals surface area contributed by atoms with Crippen molar-refractivity contribution in [1.82, 2.24) is 4.90 Å². The van der Waals surface area contributed by atoms with E-state index >= 15 is 0 Å². The molecular formula is C30H37NO5. The molecule has 36 heavy (non-hydrogen) atoms. The lowest BCUT2D eigenvalue weighted by Crippen LogP contribution is -2.30. The lowest BCUT2D eigenvalue weighted by Gasteiger charge is -2.26. The fourth-order valence-corrected chi connectivity index (χ4v) is 4.91. The Balaban J connectivity index is 1.86. The molecule has 3 aromatic rings. The lowest BCUT2D eigenvalue weighted by atomic mass is 9.96. The van der Waals surface area contributed by atoms with Crippen LogP contribution in [0.4, 0.5) is 0 Å². The second kappa shape index (κ2) is 10.8. The Bertz CT molecular complexity index is 1320. The molecule has 1 aliphatic heterocycles. The highest BCUT2D eigenvalue weighted by atomic mass is 16.5. The number of hydrogen-bond acceptors (Lipinski definition) is 5. The van der Waals surface area contributed by atoms with E-state index in [0.717, 1.165) is 36.0 Å². The highest BCUT2D eigenvalue weighted by Gasteiger charge is 2.42. The van der Waals surface area contributed by atoms with Gasteiger partial charge in [-0.2, -0.15) is 0 Å². The van der Waals surface area contributed by atoms with Crippen molar-refractivity contribution in [3.8, 4) is 11.5 Å². The van der Waals surface area contributed by atoms with E-state index in [2.05, 4.69) is 20.8 Å². The zero-order chi connectivity index (χ0) is 26.0. The van der Waals surface area contributed by atoms with Gasteiger partial charge in [-0.15, -0.1) is 0 Å². The Morgan fingerprint density at radius 2 is 1.81 bits per heavy atom. The van der Waals surface area contributed by atoms with Crippen molar-refractivity contribution in [1.29, 1.82) is 0 Å². The number of hydrogen-bond donors (Lipinski definition) is 0. The van der Waals surface area contributed by atoms with Crippen LogP contribution in [0.15, 0.2) is 39.5 Å². The van der Waals surface area contributed by atoms with Crippen molar-refractivity contribution in [3.05, 3.63) is 68.6 Å². The van der Waals surface area contributed by atoms with E-state index in [1.165, 1.54) is 0 Å². The van der Waals surface area contributed by atoms with Crippen molar-refractivity contribution in [3.63, 3.8) is 0 Å². The van der Waals surface area contributed by atoms with E-state index in [4.69, 9.17) is 13.9 Å². The van der Waals surface area contributed by atoms with E-state index < -0.39 is 6.04 Å². The maximum Gasteiger partial charge on any atom is 0.290 e. The SMILES string of the molecule is CCCCN1C(=O)c2oc3cc(C)cc(C)c3c(=O)c2C1c1ccc(OCCC(C)C)c(OCC)c1. The van der Waals surface area contributed by atoms with Crippen LogP contribution in [0.3, 0.4) is 0 Å². The smallest absolute Gasteiger partial charge is 0.290 e. The summed E-state index contributed by atoms with van der Waals surface area (Å²) in [5, 5.41) is 0.535. The average Bonchev–Trinajstić information content (AvgIpc) is 3.10. The molecule has 1 atom stereocenters. The topological polar surface area (TPSA) is 69.0 Å². The largest absolute Gasteiger partial charge is 0.490 e. The summed E-state index contributed by atoms with van der Waals surface area (Å²) < 4.78 is 18.1. The summed E-state index contributed by atoms with van der Waals surface area (Å²) in [6, 6.07) is 9.00. The Morgan fingerprint density at radius 3 is 2.50 bits per heavy atom. The van der Waals surface area contributed by atoms with E-state index in [9.17, 15) is 9.59 Å². The minimum absolute atomic E-state index is 0.142. The summed E-state index contributed by atoms with van der Waals surface area (Å²) in [7, 11) is 0. The van der Waals surface area contributed by atoms with Crippen LogP contribution in [-0.4, -0.2) is 30.6 Å². The summed E-state index contributed by atoms with van der Waals surface area (Å²) in [6.07, 6.45) is 2.70. The molecule has 1 amide bonds. The summed E-state index contributed by atoms with van der Waals surface area (Å²) in [6.45, 7) is 13.8. The third-order valence-electron chi connectivity index (χ3n) is 6.70. The van der Waals surface area contributed by atoms with Gasteiger partial charge in [-0.1, -0.05) is 39.3 Å². The number of nitrogens with zero attached hydrogens (tertiary/aromatic N) is 1. The third-order valence-corrected chi connectivity index (χ3v) is 6.70. The second-order valence-electron chi connectivity index (χ2n) is 10.1. The molecule has 0 bridgehead atoms. The molecule has 6 heteroatoms. The van der Waals surface area contributed by atoms with Crippen molar-refractivity contribution in [2.45, 2.75) is 66.8 Å². The van der Waals surface area contributed by atoms with Crippen LogP contribution in [-0.2, 0) is 0 Å². The van der Waals surface area contributed by atoms with E-state index in [1.807, 2.05) is 51.1 Å². The quantitative estimate of drug-likeness (QED) is 0.320. The number of benzene rings is 2. The molecular weight excluding hydrogens is 454 g/mol. The van der Waals surface area contributed by atoms with Crippen LogP contribution in [0.5, 0.6) is 11.5 Å². The molecule has 6 nitrogen and oxygen atoms in total. The van der Waals surface area contributed by atoms with Crippen LogP contribution in [0.2, 0.25) is 0 Å². The first-order valence-corrected chi connectivity index (χ1v) is 13.0. The number of fused-ring (bicyclic) bond motifs is 2. The van der Waals surface area contributed by atoms with Crippen molar-refractivity contribution in [2.24, 2.45) is 5.92 Å². The van der Waals surface area contributed by atoms with Gasteiger partial charge >= 0.3 is 0 Å². The second-order valence-corrected chi connectivity index (χ2v) is 10.1. The molecule has 2 aromatic carbocycles. The number of unbranched alkanes of at least 4 members (excludes halogenated alkanes) is 1. The molecule has 2 heterocycles. The maximum absolute atomic E-state index is 13.9. The summed E-state index contributed by atoms with van der Waals surface area (Å²) >= 11 is 0. The molecule has 0 fully saturated rings. The fraction of sp³-hybridized carbons (Fsp3) is 0.467. The van der Waals surface area contributed by atoms with Crippen LogP contribution in [0.25, 0.3) is 11.0 Å². The molecule has 0 saturated carbocycles. The van der Waals surface area contributed by atoms with Gasteiger partial charge < -0.3 is 18.8 Å². The first kappa shape index (κ1) is 25.8. The van der Waals surface area contributed by atoms with Crippen molar-refractivity contribution >= 4 is 16.9 Å². The van der Waals surface area contributed by atoms with Crippen LogP contribution < -0.4 is 14.9 Å². The number of carbonyl (C=O) groups is 1. The molecule has 1 aromatic heterocycles. The number of amides is 1. The number of rotatable bonds is 10. The van der Waals surface area contributed by atoms with Crippen molar-refractivity contribution < 1.29 is 18.7 Å². The van der Waals surface area contributed by atoms with Crippen LogP contribution >= 0.6 is 0 Å². The fourth-order valence-electron chi connectivity index (χ4n) is 4.91. The van der Waals surface area contributed by atoms with Gasteiger partial charge in [0.2, 0.25) is 5.76 Å².